The summed E-state index contributed by atoms with van der Waals surface area (Å²) in [6.07, 6.45) is 2.39. The van der Waals surface area contributed by atoms with Crippen molar-refractivity contribution in [2.45, 2.75) is 32.2 Å². The van der Waals surface area contributed by atoms with Gasteiger partial charge in [0.2, 0.25) is 5.91 Å². The van der Waals surface area contributed by atoms with Gasteiger partial charge in [0.1, 0.15) is 5.01 Å². The van der Waals surface area contributed by atoms with Gasteiger partial charge in [-0.05, 0) is 43.4 Å². The second-order valence-electron chi connectivity index (χ2n) is 5.89. The smallest absolute Gasteiger partial charge is 0.335 e. The zero-order chi connectivity index (χ0) is 16.4. The molecule has 1 amide bonds. The number of carbonyl (C=O) groups is 2. The van der Waals surface area contributed by atoms with E-state index in [2.05, 4.69) is 10.3 Å². The topological polar surface area (TPSA) is 79.3 Å². The number of hydrogen-bond acceptors (Lipinski definition) is 4. The van der Waals surface area contributed by atoms with Gasteiger partial charge in [0.25, 0.3) is 0 Å². The lowest BCUT2D eigenvalue weighted by Gasteiger charge is -2.16. The molecule has 23 heavy (non-hydrogen) atoms. The minimum absolute atomic E-state index is 0.0242. The maximum atomic E-state index is 12.3. The molecule has 2 aromatic rings. The van der Waals surface area contributed by atoms with E-state index >= 15 is 0 Å². The second-order valence-corrected chi connectivity index (χ2v) is 6.78. The van der Waals surface area contributed by atoms with E-state index in [1.54, 1.807) is 29.5 Å². The van der Waals surface area contributed by atoms with E-state index in [4.69, 9.17) is 5.11 Å². The molecule has 6 heteroatoms. The van der Waals surface area contributed by atoms with Gasteiger partial charge in [0.15, 0.2) is 0 Å². The summed E-state index contributed by atoms with van der Waals surface area (Å²) in [4.78, 5) is 27.8. The van der Waals surface area contributed by atoms with Crippen LogP contribution in [0.2, 0.25) is 0 Å². The van der Waals surface area contributed by atoms with Gasteiger partial charge in [0.05, 0.1) is 18.0 Å². The molecule has 0 saturated heterocycles. The summed E-state index contributed by atoms with van der Waals surface area (Å²) < 4.78 is 0. The number of aromatic nitrogens is 1. The first-order chi connectivity index (χ1) is 11.0. The van der Waals surface area contributed by atoms with Crippen LogP contribution < -0.4 is 5.32 Å². The van der Waals surface area contributed by atoms with Crippen molar-refractivity contribution in [2.75, 3.05) is 0 Å². The number of amides is 1. The molecular weight excluding hydrogens is 312 g/mol. The van der Waals surface area contributed by atoms with E-state index in [1.165, 1.54) is 6.07 Å². The van der Waals surface area contributed by atoms with E-state index in [9.17, 15) is 9.59 Å². The van der Waals surface area contributed by atoms with Gasteiger partial charge in [-0.1, -0.05) is 12.1 Å². The van der Waals surface area contributed by atoms with Crippen LogP contribution in [-0.4, -0.2) is 22.0 Å². The number of aromatic carboxylic acids is 1. The Hall–Kier alpha value is -2.21. The minimum atomic E-state index is -0.985. The Morgan fingerprint density at radius 3 is 2.83 bits per heavy atom. The van der Waals surface area contributed by atoms with E-state index in [-0.39, 0.29) is 23.9 Å². The molecule has 1 aliphatic rings. The van der Waals surface area contributed by atoms with Gasteiger partial charge >= 0.3 is 5.97 Å². The molecule has 120 valence electrons. The van der Waals surface area contributed by atoms with Crippen LogP contribution in [-0.2, 0) is 11.2 Å². The average Bonchev–Trinajstić information content (AvgIpc) is 3.26. The molecule has 0 radical (unpaired) electrons. The van der Waals surface area contributed by atoms with Crippen LogP contribution in [0.3, 0.4) is 0 Å². The highest BCUT2D eigenvalue weighted by Gasteiger charge is 2.35. The number of nitrogens with one attached hydrogen (secondary N) is 1. The second kappa shape index (κ2) is 6.50. The average molecular weight is 330 g/mol. The number of benzene rings is 1. The predicted octanol–water partition coefficient (Wildman–Crippen LogP) is 2.96. The quantitative estimate of drug-likeness (QED) is 0.853. The van der Waals surface area contributed by atoms with Crippen molar-refractivity contribution in [2.24, 2.45) is 5.92 Å². The molecular formula is C17H18N2O3S. The Morgan fingerprint density at radius 1 is 1.43 bits per heavy atom. The van der Waals surface area contributed by atoms with Crippen molar-refractivity contribution >= 4 is 23.2 Å². The lowest BCUT2D eigenvalue weighted by Crippen LogP contribution is -2.31. The van der Waals surface area contributed by atoms with Gasteiger partial charge in [0, 0.05) is 11.1 Å². The van der Waals surface area contributed by atoms with E-state index < -0.39 is 5.97 Å². The summed E-state index contributed by atoms with van der Waals surface area (Å²) in [5.74, 6) is -0.617. The SMILES string of the molecule is Cc1csc(C(NC(=O)Cc2cccc(C(=O)O)c2)C2CC2)n1. The number of carbonyl (C=O) groups excluding carboxylic acids is 1. The molecule has 5 nitrogen and oxygen atoms in total. The number of carboxylic acid groups (broad SMARTS) is 1. The molecule has 0 bridgehead atoms. The standard InChI is InChI=1S/C17H18N2O3S/c1-10-9-23-16(18-10)15(12-5-6-12)19-14(20)8-11-3-2-4-13(7-11)17(21)22/h2-4,7,9,12,15H,5-6,8H2,1H3,(H,19,20)(H,21,22). The van der Waals surface area contributed by atoms with Gasteiger partial charge in [-0.2, -0.15) is 0 Å². The van der Waals surface area contributed by atoms with Crippen molar-refractivity contribution in [3.8, 4) is 0 Å². The van der Waals surface area contributed by atoms with Crippen molar-refractivity contribution in [3.05, 3.63) is 51.5 Å². The first kappa shape index (κ1) is 15.7. The molecule has 1 fully saturated rings. The molecule has 1 atom stereocenters. The number of rotatable bonds is 6. The summed E-state index contributed by atoms with van der Waals surface area (Å²) >= 11 is 1.58. The predicted molar refractivity (Wildman–Crippen MR) is 87.6 cm³/mol. The van der Waals surface area contributed by atoms with Crippen LogP contribution in [0.1, 0.15) is 45.5 Å². The number of thiazole rings is 1. The molecule has 1 aromatic carbocycles. The number of aryl methyl sites for hydroxylation is 1. The van der Waals surface area contributed by atoms with Gasteiger partial charge in [-0.25, -0.2) is 9.78 Å². The highest BCUT2D eigenvalue weighted by molar-refractivity contribution is 7.09. The lowest BCUT2D eigenvalue weighted by atomic mass is 10.1. The molecule has 1 unspecified atom stereocenters. The first-order valence-corrected chi connectivity index (χ1v) is 8.44. The highest BCUT2D eigenvalue weighted by Crippen LogP contribution is 2.41. The number of carboxylic acids is 1. The third kappa shape index (κ3) is 3.96. The molecule has 3 rings (SSSR count). The van der Waals surface area contributed by atoms with E-state index in [0.29, 0.717) is 11.5 Å². The largest absolute Gasteiger partial charge is 0.478 e. The van der Waals surface area contributed by atoms with Crippen LogP contribution in [0.25, 0.3) is 0 Å². The Labute approximate surface area is 138 Å². The van der Waals surface area contributed by atoms with Crippen molar-refractivity contribution in [1.29, 1.82) is 0 Å². The third-order valence-electron chi connectivity index (χ3n) is 3.85. The van der Waals surface area contributed by atoms with Crippen LogP contribution in [0.5, 0.6) is 0 Å². The Bertz CT molecular complexity index is 737. The summed E-state index contributed by atoms with van der Waals surface area (Å²) in [7, 11) is 0. The summed E-state index contributed by atoms with van der Waals surface area (Å²) in [6, 6.07) is 6.47. The zero-order valence-corrected chi connectivity index (χ0v) is 13.6. The fourth-order valence-corrected chi connectivity index (χ4v) is 3.49. The van der Waals surface area contributed by atoms with Crippen molar-refractivity contribution in [3.63, 3.8) is 0 Å². The molecule has 1 heterocycles. The minimum Gasteiger partial charge on any atom is -0.478 e. The fourth-order valence-electron chi connectivity index (χ4n) is 2.55. The van der Waals surface area contributed by atoms with Gasteiger partial charge in [-0.15, -0.1) is 11.3 Å². The molecule has 0 aliphatic heterocycles. The maximum absolute atomic E-state index is 12.3. The van der Waals surface area contributed by atoms with Crippen LogP contribution >= 0.6 is 11.3 Å². The van der Waals surface area contributed by atoms with Crippen LogP contribution in [0, 0.1) is 12.8 Å². The number of hydrogen-bond donors (Lipinski definition) is 2. The van der Waals surface area contributed by atoms with Crippen molar-refractivity contribution < 1.29 is 14.7 Å². The summed E-state index contributed by atoms with van der Waals surface area (Å²) in [5.41, 5.74) is 1.87. The Morgan fingerprint density at radius 2 is 2.22 bits per heavy atom. The molecule has 1 saturated carbocycles. The zero-order valence-electron chi connectivity index (χ0n) is 12.8. The lowest BCUT2D eigenvalue weighted by molar-refractivity contribution is -0.121. The summed E-state index contributed by atoms with van der Waals surface area (Å²) in [5, 5.41) is 15.0. The number of nitrogens with zero attached hydrogens (tertiary/aromatic N) is 1. The van der Waals surface area contributed by atoms with Crippen LogP contribution in [0.4, 0.5) is 0 Å². The highest BCUT2D eigenvalue weighted by atomic mass is 32.1. The van der Waals surface area contributed by atoms with E-state index in [1.807, 2.05) is 12.3 Å². The molecule has 1 aromatic heterocycles. The monoisotopic (exact) mass is 330 g/mol. The fraction of sp³-hybridized carbons (Fsp3) is 0.353. The molecule has 1 aliphatic carbocycles. The first-order valence-electron chi connectivity index (χ1n) is 7.56. The Kier molecular flexibility index (Phi) is 4.43. The summed E-state index contributed by atoms with van der Waals surface area (Å²) in [6.45, 7) is 1.95. The van der Waals surface area contributed by atoms with Crippen LogP contribution in [0.15, 0.2) is 29.6 Å². The Balaban J connectivity index is 1.68. The van der Waals surface area contributed by atoms with Gasteiger partial charge < -0.3 is 10.4 Å². The molecule has 2 N–H and O–H groups in total. The third-order valence-corrected chi connectivity index (χ3v) is 4.90. The van der Waals surface area contributed by atoms with E-state index in [0.717, 1.165) is 23.5 Å². The van der Waals surface area contributed by atoms with Crippen molar-refractivity contribution in [1.82, 2.24) is 10.3 Å². The normalized spacial score (nSPS) is 15.2. The van der Waals surface area contributed by atoms with Gasteiger partial charge in [-0.3, -0.25) is 4.79 Å². The molecule has 0 spiro atoms. The maximum Gasteiger partial charge on any atom is 0.335 e.